The third-order valence-corrected chi connectivity index (χ3v) is 8.08. The van der Waals surface area contributed by atoms with Crippen molar-refractivity contribution in [3.05, 3.63) is 29.3 Å². The van der Waals surface area contributed by atoms with E-state index in [2.05, 4.69) is 13.0 Å². The number of aliphatic hydroxyl groups excluding tert-OH is 6. The van der Waals surface area contributed by atoms with Crippen molar-refractivity contribution in [1.29, 1.82) is 0 Å². The zero-order valence-electron chi connectivity index (χ0n) is 18.4. The summed E-state index contributed by atoms with van der Waals surface area (Å²) in [6, 6.07) is 5.96. The highest BCUT2D eigenvalue weighted by Gasteiger charge is 2.54. The number of benzene rings is 1. The summed E-state index contributed by atoms with van der Waals surface area (Å²) in [6.45, 7) is 1.56. The van der Waals surface area contributed by atoms with Crippen molar-refractivity contribution in [1.82, 2.24) is 0 Å². The molecule has 32 heavy (non-hydrogen) atoms. The molecule has 2 fully saturated rings. The molecule has 0 saturated heterocycles. The lowest BCUT2D eigenvalue weighted by molar-refractivity contribution is -0.136. The minimum Gasteiger partial charge on any atom is -0.508 e. The summed E-state index contributed by atoms with van der Waals surface area (Å²) in [6.07, 6.45) is -0.0590. The Balaban J connectivity index is 0.000000210. The number of carbonyl (C=O) groups excluding carboxylic acids is 1. The van der Waals surface area contributed by atoms with Crippen molar-refractivity contribution in [2.24, 2.45) is 17.3 Å². The molecule has 0 aromatic heterocycles. The molecule has 3 aliphatic carbocycles. The van der Waals surface area contributed by atoms with Gasteiger partial charge in [0.2, 0.25) is 0 Å². The van der Waals surface area contributed by atoms with Crippen molar-refractivity contribution in [3.8, 4) is 5.75 Å². The predicted molar refractivity (Wildman–Crippen MR) is 116 cm³/mol. The van der Waals surface area contributed by atoms with Gasteiger partial charge in [0, 0.05) is 0 Å². The minimum absolute atomic E-state index is 0.0258. The number of aldehydes is 1. The molecule has 180 valence electrons. The van der Waals surface area contributed by atoms with Crippen LogP contribution in [0.2, 0.25) is 0 Å². The van der Waals surface area contributed by atoms with Crippen LogP contribution in [0.3, 0.4) is 0 Å². The topological polar surface area (TPSA) is 159 Å². The predicted octanol–water partition coefficient (Wildman–Crippen LogP) is 0.230. The Bertz CT molecular complexity index is 785. The molecule has 4 rings (SSSR count). The van der Waals surface area contributed by atoms with Crippen LogP contribution in [0.25, 0.3) is 0 Å². The smallest absolute Gasteiger partial charge is 0.151 e. The first kappa shape index (κ1) is 25.1. The molecule has 0 radical (unpaired) electrons. The first-order chi connectivity index (χ1) is 15.1. The number of rotatable bonds is 5. The van der Waals surface area contributed by atoms with E-state index >= 15 is 0 Å². The molecule has 8 nitrogen and oxygen atoms in total. The Morgan fingerprint density at radius 3 is 2.47 bits per heavy atom. The van der Waals surface area contributed by atoms with E-state index < -0.39 is 31.0 Å². The number of aryl methyl sites for hydroxylation is 1. The van der Waals surface area contributed by atoms with E-state index in [0.29, 0.717) is 17.6 Å². The van der Waals surface area contributed by atoms with Crippen LogP contribution in [0, 0.1) is 17.3 Å². The molecule has 7 N–H and O–H groups in total. The SMILES string of the molecule is C[C@]12CC[C@@H]3c4ccc(O)cc4CC[C@H]3[C@@H]1CC[C@@H]2O.O=C[C@H](O)[C@@H](O)[C@H](O)[C@H](O)CO. The van der Waals surface area contributed by atoms with Crippen LogP contribution in [-0.4, -0.2) is 79.2 Å². The molecule has 9 atom stereocenters. The second kappa shape index (κ2) is 10.2. The Labute approximate surface area is 188 Å². The van der Waals surface area contributed by atoms with E-state index in [0.717, 1.165) is 25.2 Å². The van der Waals surface area contributed by atoms with Gasteiger partial charge >= 0.3 is 0 Å². The van der Waals surface area contributed by atoms with E-state index in [1.54, 1.807) is 0 Å². The molecule has 0 spiro atoms. The number of fused-ring (bicyclic) bond motifs is 5. The molecule has 2 saturated carbocycles. The van der Waals surface area contributed by atoms with Crippen LogP contribution in [0.5, 0.6) is 5.75 Å². The van der Waals surface area contributed by atoms with Gasteiger partial charge in [0.15, 0.2) is 6.29 Å². The fraction of sp³-hybridized carbons (Fsp3) is 0.708. The van der Waals surface area contributed by atoms with E-state index in [1.807, 2.05) is 12.1 Å². The highest BCUT2D eigenvalue weighted by Crippen LogP contribution is 2.60. The summed E-state index contributed by atoms with van der Waals surface area (Å²) < 4.78 is 0. The molecule has 0 bridgehead atoms. The first-order valence-electron chi connectivity index (χ1n) is 11.4. The number of hydrogen-bond acceptors (Lipinski definition) is 8. The van der Waals surface area contributed by atoms with Crippen molar-refractivity contribution in [3.63, 3.8) is 0 Å². The van der Waals surface area contributed by atoms with Gasteiger partial charge in [-0.2, -0.15) is 0 Å². The number of phenolic OH excluding ortho intramolecular Hbond substituents is 1. The zero-order chi connectivity index (χ0) is 23.6. The Morgan fingerprint density at radius 1 is 1.09 bits per heavy atom. The highest BCUT2D eigenvalue weighted by atomic mass is 16.4. The van der Waals surface area contributed by atoms with Crippen molar-refractivity contribution >= 4 is 6.29 Å². The van der Waals surface area contributed by atoms with E-state index in [4.69, 9.17) is 25.5 Å². The highest BCUT2D eigenvalue weighted by molar-refractivity contribution is 5.56. The molecule has 3 aliphatic rings. The summed E-state index contributed by atoms with van der Waals surface area (Å²) >= 11 is 0. The van der Waals surface area contributed by atoms with Crippen LogP contribution in [-0.2, 0) is 11.2 Å². The Kier molecular flexibility index (Phi) is 7.96. The van der Waals surface area contributed by atoms with Crippen molar-refractivity contribution < 1.29 is 40.5 Å². The summed E-state index contributed by atoms with van der Waals surface area (Å²) in [4.78, 5) is 9.90. The second-order valence-electron chi connectivity index (χ2n) is 9.79. The number of hydrogen-bond donors (Lipinski definition) is 7. The maximum atomic E-state index is 10.4. The first-order valence-corrected chi connectivity index (χ1v) is 11.4. The fourth-order valence-corrected chi connectivity index (χ4v) is 6.16. The van der Waals surface area contributed by atoms with Crippen LogP contribution in [0.1, 0.15) is 56.1 Å². The van der Waals surface area contributed by atoms with E-state index in [-0.39, 0.29) is 17.8 Å². The average Bonchev–Trinajstić information content (AvgIpc) is 3.11. The van der Waals surface area contributed by atoms with Crippen LogP contribution >= 0.6 is 0 Å². The average molecular weight is 453 g/mol. The molecule has 0 aliphatic heterocycles. The maximum absolute atomic E-state index is 10.4. The van der Waals surface area contributed by atoms with Crippen LogP contribution in [0.4, 0.5) is 0 Å². The molecule has 0 heterocycles. The minimum atomic E-state index is -1.79. The molecule has 0 unspecified atom stereocenters. The van der Waals surface area contributed by atoms with Crippen LogP contribution < -0.4 is 0 Å². The largest absolute Gasteiger partial charge is 0.508 e. The van der Waals surface area contributed by atoms with Gasteiger partial charge in [0.05, 0.1) is 12.7 Å². The summed E-state index contributed by atoms with van der Waals surface area (Å²) in [5.41, 5.74) is 2.99. The lowest BCUT2D eigenvalue weighted by atomic mass is 9.55. The van der Waals surface area contributed by atoms with E-state index in [9.17, 15) is 15.0 Å². The number of carbonyl (C=O) groups is 1. The molecule has 8 heteroatoms. The second-order valence-corrected chi connectivity index (χ2v) is 9.79. The van der Waals surface area contributed by atoms with Gasteiger partial charge < -0.3 is 40.5 Å². The van der Waals surface area contributed by atoms with Gasteiger partial charge in [0.25, 0.3) is 0 Å². The van der Waals surface area contributed by atoms with Gasteiger partial charge in [-0.3, -0.25) is 0 Å². The van der Waals surface area contributed by atoms with Crippen LogP contribution in [0.15, 0.2) is 18.2 Å². The Hall–Kier alpha value is -1.55. The molecule has 1 aromatic carbocycles. The van der Waals surface area contributed by atoms with Crippen molar-refractivity contribution in [2.45, 2.75) is 81.9 Å². The summed E-state index contributed by atoms with van der Waals surface area (Å²) in [5.74, 6) is 2.49. The molecule has 0 amide bonds. The Morgan fingerprint density at radius 2 is 1.81 bits per heavy atom. The number of phenols is 1. The third-order valence-electron chi connectivity index (χ3n) is 8.08. The van der Waals surface area contributed by atoms with Gasteiger partial charge in [0.1, 0.15) is 30.2 Å². The third kappa shape index (κ3) is 4.71. The van der Waals surface area contributed by atoms with Gasteiger partial charge in [-0.15, -0.1) is 0 Å². The van der Waals surface area contributed by atoms with Crippen molar-refractivity contribution in [2.75, 3.05) is 6.61 Å². The maximum Gasteiger partial charge on any atom is 0.151 e. The number of aliphatic hydroxyl groups is 6. The lowest BCUT2D eigenvalue weighted by Crippen LogP contribution is -2.46. The van der Waals surface area contributed by atoms with Gasteiger partial charge in [-0.1, -0.05) is 13.0 Å². The molecular formula is C24H36O8. The van der Waals surface area contributed by atoms with Gasteiger partial charge in [-0.05, 0) is 85.0 Å². The quantitative estimate of drug-likeness (QED) is 0.313. The van der Waals surface area contributed by atoms with Gasteiger partial charge in [-0.25, -0.2) is 0 Å². The summed E-state index contributed by atoms with van der Waals surface area (Å²) in [5, 5.41) is 63.6. The fourth-order valence-electron chi connectivity index (χ4n) is 6.16. The zero-order valence-corrected chi connectivity index (χ0v) is 18.4. The molecule has 1 aromatic rings. The standard InChI is InChI=1S/C18H24O2.C6H12O6/c1-18-9-8-14-13-5-3-12(19)10-11(13)2-4-15(14)16(18)6-7-17(18)20;7-1-3(9)5(11)6(12)4(10)2-8/h3,5,10,14-17,19-20H,2,4,6-9H2,1H3;1,3-6,8-12H,2H2/t14-,15-,16+,17+,18+;3-,4+,5+,6+/m10/s1. The summed E-state index contributed by atoms with van der Waals surface area (Å²) in [7, 11) is 0. The monoisotopic (exact) mass is 452 g/mol. The normalized spacial score (nSPS) is 34.6. The van der Waals surface area contributed by atoms with E-state index in [1.165, 1.54) is 30.4 Å². The lowest BCUT2D eigenvalue weighted by Gasteiger charge is -2.50. The number of aromatic hydroxyl groups is 1. The molecular weight excluding hydrogens is 416 g/mol.